The molecule has 0 spiro atoms. The van der Waals surface area contributed by atoms with E-state index in [2.05, 4.69) is 10.3 Å². The van der Waals surface area contributed by atoms with Crippen LogP contribution < -0.4 is 10.1 Å². The second-order valence-electron chi connectivity index (χ2n) is 6.73. The van der Waals surface area contributed by atoms with E-state index in [0.29, 0.717) is 18.4 Å². The van der Waals surface area contributed by atoms with E-state index in [1.165, 1.54) is 6.07 Å². The van der Waals surface area contributed by atoms with Crippen LogP contribution in [0.5, 0.6) is 5.88 Å². The molecular weight excluding hydrogens is 341 g/mol. The summed E-state index contributed by atoms with van der Waals surface area (Å²) in [7, 11) is 0. The molecule has 1 aliphatic rings. The number of ether oxygens (including phenoxy) is 2. The fraction of sp³-hybridized carbons (Fsp3) is 0.625. The molecule has 9 heteroatoms. The Labute approximate surface area is 143 Å². The summed E-state index contributed by atoms with van der Waals surface area (Å²) in [6.07, 6.45) is -5.21. The van der Waals surface area contributed by atoms with Crippen LogP contribution in [-0.4, -0.2) is 34.5 Å². The number of carbonyl (C=O) groups is 1. The monoisotopic (exact) mass is 362 g/mol. The molecule has 0 saturated carbocycles. The van der Waals surface area contributed by atoms with Gasteiger partial charge in [-0.25, -0.2) is 9.78 Å². The Morgan fingerprint density at radius 2 is 2.04 bits per heavy atom. The number of alkyl carbamates (subject to hydrolysis) is 1. The van der Waals surface area contributed by atoms with Crippen molar-refractivity contribution in [3.63, 3.8) is 0 Å². The highest BCUT2D eigenvalue weighted by Gasteiger charge is 2.40. The van der Waals surface area contributed by atoms with Crippen LogP contribution in [0.1, 0.15) is 50.9 Å². The molecule has 1 aromatic rings. The molecule has 6 nitrogen and oxygen atoms in total. The summed E-state index contributed by atoms with van der Waals surface area (Å²) in [5, 5.41) is 11.6. The minimum absolute atomic E-state index is 0.101. The van der Waals surface area contributed by atoms with Crippen LogP contribution in [0.25, 0.3) is 0 Å². The maximum Gasteiger partial charge on any atom is 0.433 e. The number of aromatic nitrogens is 1. The lowest BCUT2D eigenvalue weighted by molar-refractivity contribution is -0.141. The number of halogens is 3. The molecule has 0 unspecified atom stereocenters. The predicted octanol–water partition coefficient (Wildman–Crippen LogP) is 3.20. The average molecular weight is 362 g/mol. The summed E-state index contributed by atoms with van der Waals surface area (Å²) in [6, 6.07) is 1.39. The van der Waals surface area contributed by atoms with Crippen LogP contribution in [0.15, 0.2) is 12.1 Å². The van der Waals surface area contributed by atoms with E-state index in [9.17, 15) is 18.0 Å². The molecule has 1 aromatic heterocycles. The molecular formula is C16H21F3N2O4. The van der Waals surface area contributed by atoms with Gasteiger partial charge in [-0.1, -0.05) is 0 Å². The van der Waals surface area contributed by atoms with E-state index >= 15 is 0 Å². The van der Waals surface area contributed by atoms with Gasteiger partial charge in [-0.3, -0.25) is 0 Å². The molecule has 2 N–H and O–H groups in total. The predicted molar refractivity (Wildman–Crippen MR) is 82.1 cm³/mol. The van der Waals surface area contributed by atoms with Crippen LogP contribution in [0, 0.1) is 0 Å². The van der Waals surface area contributed by atoms with Gasteiger partial charge in [0.1, 0.15) is 17.4 Å². The van der Waals surface area contributed by atoms with E-state index in [1.54, 1.807) is 20.8 Å². The maximum atomic E-state index is 12.8. The standard InChI is InChI=1S/C16H21F3N2O4/c1-15(2,3)25-14(23)21-12-9-6-7-11(16(17,18)19)20-13(9)24-10(12)5-4-8-22/h6-7,10,12,22H,4-5,8H2,1-3H3,(H,21,23)/t10-,12-/m0/s1. The van der Waals surface area contributed by atoms with Gasteiger partial charge >= 0.3 is 12.3 Å². The number of carbonyl (C=O) groups excluding carboxylic acids is 1. The van der Waals surface area contributed by atoms with Crippen molar-refractivity contribution in [2.24, 2.45) is 0 Å². The fourth-order valence-corrected chi connectivity index (χ4v) is 2.48. The summed E-state index contributed by atoms with van der Waals surface area (Å²) in [4.78, 5) is 15.5. The third-order valence-corrected chi connectivity index (χ3v) is 3.47. The second kappa shape index (κ2) is 7.07. The Bertz CT molecular complexity index is 629. The zero-order valence-corrected chi connectivity index (χ0v) is 14.2. The molecule has 0 aliphatic carbocycles. The van der Waals surface area contributed by atoms with Crippen LogP contribution in [-0.2, 0) is 10.9 Å². The van der Waals surface area contributed by atoms with Crippen LogP contribution in [0.3, 0.4) is 0 Å². The van der Waals surface area contributed by atoms with Crippen LogP contribution in [0.2, 0.25) is 0 Å². The Morgan fingerprint density at radius 1 is 1.36 bits per heavy atom. The number of aliphatic hydroxyl groups is 1. The van der Waals surface area contributed by atoms with Crippen molar-refractivity contribution in [2.75, 3.05) is 6.61 Å². The van der Waals surface area contributed by atoms with Crippen molar-refractivity contribution >= 4 is 6.09 Å². The van der Waals surface area contributed by atoms with E-state index in [1.807, 2.05) is 0 Å². The number of pyridine rings is 1. The Hall–Kier alpha value is -2.03. The first-order valence-corrected chi connectivity index (χ1v) is 7.86. The molecule has 0 aromatic carbocycles. The molecule has 2 rings (SSSR count). The summed E-state index contributed by atoms with van der Waals surface area (Å²) in [5.74, 6) is -0.168. The molecule has 1 aliphatic heterocycles. The third-order valence-electron chi connectivity index (χ3n) is 3.47. The first-order chi connectivity index (χ1) is 11.5. The largest absolute Gasteiger partial charge is 0.472 e. The van der Waals surface area contributed by atoms with E-state index in [4.69, 9.17) is 14.6 Å². The first kappa shape index (κ1) is 19.3. The summed E-state index contributed by atoms with van der Waals surface area (Å²) in [5.41, 5.74) is -1.43. The SMILES string of the molecule is CC(C)(C)OC(=O)N[C@H]1c2ccc(C(F)(F)F)nc2O[C@H]1CCCO. The zero-order valence-electron chi connectivity index (χ0n) is 14.2. The molecule has 2 heterocycles. The highest BCUT2D eigenvalue weighted by Crippen LogP contribution is 2.39. The van der Waals surface area contributed by atoms with Gasteiger partial charge < -0.3 is 19.9 Å². The number of rotatable bonds is 4. The quantitative estimate of drug-likeness (QED) is 0.860. The first-order valence-electron chi connectivity index (χ1n) is 7.86. The van der Waals surface area contributed by atoms with Gasteiger partial charge in [0.2, 0.25) is 5.88 Å². The smallest absolute Gasteiger partial charge is 0.433 e. The van der Waals surface area contributed by atoms with Crippen molar-refractivity contribution in [1.29, 1.82) is 0 Å². The van der Waals surface area contributed by atoms with Gasteiger partial charge in [-0.15, -0.1) is 0 Å². The Morgan fingerprint density at radius 3 is 2.60 bits per heavy atom. The van der Waals surface area contributed by atoms with Gasteiger partial charge in [-0.05, 0) is 45.7 Å². The van der Waals surface area contributed by atoms with E-state index in [0.717, 1.165) is 6.07 Å². The van der Waals surface area contributed by atoms with Crippen molar-refractivity contribution in [2.45, 2.75) is 57.5 Å². The fourth-order valence-electron chi connectivity index (χ4n) is 2.48. The minimum Gasteiger partial charge on any atom is -0.472 e. The topological polar surface area (TPSA) is 80.7 Å². The van der Waals surface area contributed by atoms with Crippen molar-refractivity contribution in [1.82, 2.24) is 10.3 Å². The van der Waals surface area contributed by atoms with E-state index < -0.39 is 35.7 Å². The maximum absolute atomic E-state index is 12.8. The number of nitrogens with zero attached hydrogens (tertiary/aromatic N) is 1. The number of aliphatic hydroxyl groups excluding tert-OH is 1. The highest BCUT2D eigenvalue weighted by atomic mass is 19.4. The molecule has 1 amide bonds. The van der Waals surface area contributed by atoms with Gasteiger partial charge in [-0.2, -0.15) is 13.2 Å². The van der Waals surface area contributed by atoms with Gasteiger partial charge in [0.25, 0.3) is 0 Å². The lowest BCUT2D eigenvalue weighted by atomic mass is 10.0. The summed E-state index contributed by atoms with van der Waals surface area (Å²) >= 11 is 0. The number of hydrogen-bond acceptors (Lipinski definition) is 5. The lowest BCUT2D eigenvalue weighted by Crippen LogP contribution is -2.39. The number of fused-ring (bicyclic) bond motifs is 1. The second-order valence-corrected chi connectivity index (χ2v) is 6.73. The van der Waals surface area contributed by atoms with Gasteiger partial charge in [0.15, 0.2) is 0 Å². The molecule has 0 radical (unpaired) electrons. The molecule has 25 heavy (non-hydrogen) atoms. The molecule has 0 saturated heterocycles. The van der Waals surface area contributed by atoms with Crippen molar-refractivity contribution < 1.29 is 32.5 Å². The molecule has 0 fully saturated rings. The van der Waals surface area contributed by atoms with Crippen LogP contribution in [0.4, 0.5) is 18.0 Å². The summed E-state index contributed by atoms with van der Waals surface area (Å²) < 4.78 is 49.1. The molecule has 0 bridgehead atoms. The number of alkyl halides is 3. The third kappa shape index (κ3) is 4.97. The number of nitrogens with one attached hydrogen (secondary N) is 1. The summed E-state index contributed by atoms with van der Waals surface area (Å²) in [6.45, 7) is 5.00. The lowest BCUT2D eigenvalue weighted by Gasteiger charge is -2.24. The van der Waals surface area contributed by atoms with Gasteiger partial charge in [0, 0.05) is 12.2 Å². The van der Waals surface area contributed by atoms with Crippen molar-refractivity contribution in [3.8, 4) is 5.88 Å². The van der Waals surface area contributed by atoms with Crippen molar-refractivity contribution in [3.05, 3.63) is 23.4 Å². The normalized spacial score (nSPS) is 20.0. The number of amides is 1. The Balaban J connectivity index is 2.24. The highest BCUT2D eigenvalue weighted by molar-refractivity contribution is 5.69. The zero-order chi connectivity index (χ0) is 18.8. The molecule has 140 valence electrons. The van der Waals surface area contributed by atoms with E-state index in [-0.39, 0.29) is 12.5 Å². The Kier molecular flexibility index (Phi) is 5.46. The van der Waals surface area contributed by atoms with Gasteiger partial charge in [0.05, 0.1) is 6.04 Å². The average Bonchev–Trinajstić information content (AvgIpc) is 2.79. The van der Waals surface area contributed by atoms with Crippen LogP contribution >= 0.6 is 0 Å². The minimum atomic E-state index is -4.59. The number of hydrogen-bond donors (Lipinski definition) is 2. The molecule has 2 atom stereocenters.